The third-order valence-electron chi connectivity index (χ3n) is 5.06. The number of carbonyl (C=O) groups excluding carboxylic acids is 1. The lowest BCUT2D eigenvalue weighted by molar-refractivity contribution is 0.0743. The standard InChI is InChI=1S/C22H24N4O3/c1-3-29-20-12-15(2)23-22(24-20)26-10-8-25(9-11-26)21(28)18-13-16-6-4-5-7-17(16)14-19(18)27/h4-7,12-14,27H,3,8-11H2,1-2H3. The van der Waals surface area contributed by atoms with Gasteiger partial charge in [-0.25, -0.2) is 4.98 Å². The normalized spacial score (nSPS) is 14.3. The first-order chi connectivity index (χ1) is 14.0. The summed E-state index contributed by atoms with van der Waals surface area (Å²) in [5.41, 5.74) is 1.18. The number of amides is 1. The van der Waals surface area contributed by atoms with Crippen molar-refractivity contribution in [1.29, 1.82) is 0 Å². The number of aromatic nitrogens is 2. The van der Waals surface area contributed by atoms with Crippen molar-refractivity contribution >= 4 is 22.6 Å². The van der Waals surface area contributed by atoms with Crippen LogP contribution in [0.3, 0.4) is 0 Å². The van der Waals surface area contributed by atoms with Crippen molar-refractivity contribution in [2.24, 2.45) is 0 Å². The Morgan fingerprint density at radius 3 is 2.45 bits per heavy atom. The number of carbonyl (C=O) groups is 1. The molecule has 1 saturated heterocycles. The zero-order valence-corrected chi connectivity index (χ0v) is 16.6. The lowest BCUT2D eigenvalue weighted by Crippen LogP contribution is -2.49. The fraction of sp³-hybridized carbons (Fsp3) is 0.318. The Kier molecular flexibility index (Phi) is 5.20. The van der Waals surface area contributed by atoms with Crippen LogP contribution in [0.15, 0.2) is 42.5 Å². The fourth-order valence-corrected chi connectivity index (χ4v) is 3.57. The third-order valence-corrected chi connectivity index (χ3v) is 5.06. The molecule has 2 aromatic carbocycles. The Morgan fingerprint density at radius 2 is 1.76 bits per heavy atom. The number of piperazine rings is 1. The number of hydrogen-bond acceptors (Lipinski definition) is 6. The number of ether oxygens (including phenoxy) is 1. The van der Waals surface area contributed by atoms with Gasteiger partial charge in [0.2, 0.25) is 11.8 Å². The Morgan fingerprint density at radius 1 is 1.07 bits per heavy atom. The van der Waals surface area contributed by atoms with E-state index in [-0.39, 0.29) is 11.7 Å². The second-order valence-electron chi connectivity index (χ2n) is 7.08. The van der Waals surface area contributed by atoms with E-state index in [0.29, 0.717) is 50.2 Å². The van der Waals surface area contributed by atoms with Crippen molar-refractivity contribution in [1.82, 2.24) is 14.9 Å². The molecule has 7 heteroatoms. The van der Waals surface area contributed by atoms with E-state index in [1.807, 2.05) is 44.2 Å². The van der Waals surface area contributed by atoms with Crippen molar-refractivity contribution in [2.75, 3.05) is 37.7 Å². The zero-order chi connectivity index (χ0) is 20.4. The Hall–Kier alpha value is -3.35. The second-order valence-corrected chi connectivity index (χ2v) is 7.08. The van der Waals surface area contributed by atoms with E-state index in [1.54, 1.807) is 17.0 Å². The first-order valence-corrected chi connectivity index (χ1v) is 9.79. The van der Waals surface area contributed by atoms with Crippen LogP contribution in [-0.4, -0.2) is 58.7 Å². The molecule has 7 nitrogen and oxygen atoms in total. The molecule has 0 aliphatic carbocycles. The van der Waals surface area contributed by atoms with Gasteiger partial charge in [0.05, 0.1) is 12.2 Å². The van der Waals surface area contributed by atoms with E-state index in [9.17, 15) is 9.90 Å². The maximum atomic E-state index is 13.0. The molecule has 150 valence electrons. The molecule has 1 aliphatic rings. The Bertz CT molecular complexity index is 1050. The summed E-state index contributed by atoms with van der Waals surface area (Å²) >= 11 is 0. The van der Waals surface area contributed by atoms with Crippen LogP contribution in [0.4, 0.5) is 5.95 Å². The summed E-state index contributed by atoms with van der Waals surface area (Å²) in [5.74, 6) is 1.04. The van der Waals surface area contributed by atoms with Crippen LogP contribution in [0.1, 0.15) is 23.0 Å². The van der Waals surface area contributed by atoms with Gasteiger partial charge in [0.25, 0.3) is 5.91 Å². The van der Waals surface area contributed by atoms with Crippen molar-refractivity contribution in [2.45, 2.75) is 13.8 Å². The van der Waals surface area contributed by atoms with Gasteiger partial charge in [-0.1, -0.05) is 24.3 Å². The van der Waals surface area contributed by atoms with E-state index in [0.717, 1.165) is 16.5 Å². The van der Waals surface area contributed by atoms with Crippen LogP contribution in [0.25, 0.3) is 10.8 Å². The quantitative estimate of drug-likeness (QED) is 0.735. The van der Waals surface area contributed by atoms with Crippen LogP contribution in [-0.2, 0) is 0 Å². The molecule has 3 aromatic rings. The summed E-state index contributed by atoms with van der Waals surface area (Å²) in [4.78, 5) is 25.8. The fourth-order valence-electron chi connectivity index (χ4n) is 3.57. The SMILES string of the molecule is CCOc1cc(C)nc(N2CCN(C(=O)c3cc4ccccc4cc3O)CC2)n1. The molecule has 1 aliphatic heterocycles. The van der Waals surface area contributed by atoms with Crippen LogP contribution in [0, 0.1) is 6.92 Å². The number of benzene rings is 2. The van der Waals surface area contributed by atoms with Gasteiger partial charge in [-0.05, 0) is 36.8 Å². The maximum Gasteiger partial charge on any atom is 0.257 e. The minimum Gasteiger partial charge on any atom is -0.507 e. The number of aromatic hydroxyl groups is 1. The average molecular weight is 392 g/mol. The predicted molar refractivity (Wildman–Crippen MR) is 112 cm³/mol. The molecule has 0 spiro atoms. The van der Waals surface area contributed by atoms with Gasteiger partial charge >= 0.3 is 0 Å². The largest absolute Gasteiger partial charge is 0.507 e. The highest BCUT2D eigenvalue weighted by Gasteiger charge is 2.25. The number of nitrogens with zero attached hydrogens (tertiary/aromatic N) is 4. The smallest absolute Gasteiger partial charge is 0.257 e. The summed E-state index contributed by atoms with van der Waals surface area (Å²) in [6.45, 7) is 6.69. The van der Waals surface area contributed by atoms with E-state index in [4.69, 9.17) is 4.74 Å². The van der Waals surface area contributed by atoms with Gasteiger partial charge in [-0.3, -0.25) is 4.79 Å². The number of rotatable bonds is 4. The molecular formula is C22H24N4O3. The summed E-state index contributed by atoms with van der Waals surface area (Å²) < 4.78 is 5.51. The Labute approximate surface area is 169 Å². The number of anilines is 1. The number of phenolic OH excluding ortho intramolecular Hbond substituents is 1. The topological polar surface area (TPSA) is 78.8 Å². The van der Waals surface area contributed by atoms with Crippen LogP contribution in [0.5, 0.6) is 11.6 Å². The van der Waals surface area contributed by atoms with Gasteiger partial charge in [-0.15, -0.1) is 0 Å². The molecule has 0 radical (unpaired) electrons. The molecule has 0 atom stereocenters. The highest BCUT2D eigenvalue weighted by molar-refractivity contribution is 6.01. The highest BCUT2D eigenvalue weighted by atomic mass is 16.5. The summed E-state index contributed by atoms with van der Waals surface area (Å²) in [7, 11) is 0. The van der Waals surface area contributed by atoms with E-state index in [1.165, 1.54) is 0 Å². The lowest BCUT2D eigenvalue weighted by Gasteiger charge is -2.35. The van der Waals surface area contributed by atoms with Crippen LogP contribution < -0.4 is 9.64 Å². The summed E-state index contributed by atoms with van der Waals surface area (Å²) in [6.07, 6.45) is 0. The molecule has 0 bridgehead atoms. The highest BCUT2D eigenvalue weighted by Crippen LogP contribution is 2.27. The number of aryl methyl sites for hydroxylation is 1. The molecule has 2 heterocycles. The Balaban J connectivity index is 1.49. The van der Waals surface area contributed by atoms with Gasteiger partial charge in [-0.2, -0.15) is 4.98 Å². The molecule has 29 heavy (non-hydrogen) atoms. The maximum absolute atomic E-state index is 13.0. The predicted octanol–water partition coefficient (Wildman–Crippen LogP) is 3.00. The molecule has 4 rings (SSSR count). The minimum atomic E-state index is -0.159. The first kappa shape index (κ1) is 19.0. The number of phenols is 1. The molecular weight excluding hydrogens is 368 g/mol. The molecule has 1 amide bonds. The third kappa shape index (κ3) is 3.94. The van der Waals surface area contributed by atoms with Crippen molar-refractivity contribution in [3.05, 3.63) is 53.7 Å². The van der Waals surface area contributed by atoms with Crippen molar-refractivity contribution in [3.63, 3.8) is 0 Å². The van der Waals surface area contributed by atoms with E-state index >= 15 is 0 Å². The molecule has 0 unspecified atom stereocenters. The van der Waals surface area contributed by atoms with Gasteiger partial charge < -0.3 is 19.6 Å². The van der Waals surface area contributed by atoms with E-state index < -0.39 is 0 Å². The molecule has 1 fully saturated rings. The molecule has 0 saturated carbocycles. The number of hydrogen-bond donors (Lipinski definition) is 1. The van der Waals surface area contributed by atoms with Gasteiger partial charge in [0.1, 0.15) is 5.75 Å². The second kappa shape index (κ2) is 7.95. The minimum absolute atomic E-state index is 0.0134. The zero-order valence-electron chi connectivity index (χ0n) is 16.6. The lowest BCUT2D eigenvalue weighted by atomic mass is 10.0. The van der Waals surface area contributed by atoms with E-state index in [2.05, 4.69) is 14.9 Å². The molecule has 1 N–H and O–H groups in total. The monoisotopic (exact) mass is 392 g/mol. The first-order valence-electron chi connectivity index (χ1n) is 9.79. The van der Waals surface area contributed by atoms with Gasteiger partial charge in [0, 0.05) is 37.9 Å². The summed E-state index contributed by atoms with van der Waals surface area (Å²) in [6, 6.07) is 12.9. The van der Waals surface area contributed by atoms with Gasteiger partial charge in [0.15, 0.2) is 0 Å². The molecule has 1 aromatic heterocycles. The van der Waals surface area contributed by atoms with Crippen molar-refractivity contribution in [3.8, 4) is 11.6 Å². The average Bonchev–Trinajstić information content (AvgIpc) is 2.73. The van der Waals surface area contributed by atoms with Crippen molar-refractivity contribution < 1.29 is 14.6 Å². The van der Waals surface area contributed by atoms with Crippen LogP contribution >= 0.6 is 0 Å². The van der Waals surface area contributed by atoms with Crippen LogP contribution in [0.2, 0.25) is 0 Å². The number of fused-ring (bicyclic) bond motifs is 1. The summed E-state index contributed by atoms with van der Waals surface area (Å²) in [5, 5.41) is 12.2.